The minimum Gasteiger partial charge on any atom is -0.493 e. The number of hydrogen-bond acceptors (Lipinski definition) is 6. The van der Waals surface area contributed by atoms with Gasteiger partial charge in [0.05, 0.1) is 33.0 Å². The second kappa shape index (κ2) is 11.4. The summed E-state index contributed by atoms with van der Waals surface area (Å²) >= 11 is 0. The third-order valence-corrected chi connectivity index (χ3v) is 6.06. The van der Waals surface area contributed by atoms with Crippen molar-refractivity contribution in [3.8, 4) is 11.5 Å². The predicted octanol–water partition coefficient (Wildman–Crippen LogP) is 4.75. The number of carbonyl (C=O) groups is 1. The van der Waals surface area contributed by atoms with Crippen molar-refractivity contribution in [2.75, 3.05) is 27.3 Å². The molecule has 7 heteroatoms. The van der Waals surface area contributed by atoms with Crippen LogP contribution < -0.4 is 9.47 Å². The van der Waals surface area contributed by atoms with E-state index >= 15 is 0 Å². The molecule has 1 aliphatic heterocycles. The monoisotopic (exact) mass is 478 g/mol. The van der Waals surface area contributed by atoms with E-state index < -0.39 is 0 Å². The van der Waals surface area contributed by atoms with Gasteiger partial charge in [-0.15, -0.1) is 0 Å². The molecule has 1 aromatic heterocycles. The lowest BCUT2D eigenvalue weighted by atomic mass is 10.1. The normalized spacial score (nSPS) is 18.0. The van der Waals surface area contributed by atoms with Crippen molar-refractivity contribution < 1.29 is 23.4 Å². The zero-order valence-corrected chi connectivity index (χ0v) is 20.9. The molecule has 35 heavy (non-hydrogen) atoms. The summed E-state index contributed by atoms with van der Waals surface area (Å²) in [5, 5.41) is 0. The third-order valence-electron chi connectivity index (χ3n) is 6.06. The number of ether oxygens (including phenoxy) is 3. The van der Waals surface area contributed by atoms with Crippen LogP contribution in [0.3, 0.4) is 0 Å². The van der Waals surface area contributed by atoms with Gasteiger partial charge in [-0.3, -0.25) is 9.69 Å². The molecule has 0 saturated carbocycles. The Balaban J connectivity index is 1.50. The van der Waals surface area contributed by atoms with Crippen LogP contribution in [-0.4, -0.2) is 55.2 Å². The fraction of sp³-hybridized carbons (Fsp3) is 0.393. The number of amides is 1. The molecular formula is C28H34N2O5. The number of morpholine rings is 1. The van der Waals surface area contributed by atoms with Gasteiger partial charge in [0.1, 0.15) is 5.76 Å². The first-order valence-corrected chi connectivity index (χ1v) is 12.0. The lowest BCUT2D eigenvalue weighted by Gasteiger charge is -2.34. The van der Waals surface area contributed by atoms with E-state index in [1.807, 2.05) is 61.2 Å². The summed E-state index contributed by atoms with van der Waals surface area (Å²) < 4.78 is 22.7. The maximum Gasteiger partial charge on any atom is 0.289 e. The highest BCUT2D eigenvalue weighted by atomic mass is 16.5. The summed E-state index contributed by atoms with van der Waals surface area (Å²) in [7, 11) is 3.27. The van der Waals surface area contributed by atoms with Gasteiger partial charge in [-0.25, -0.2) is 0 Å². The Labute approximate surface area is 207 Å². The van der Waals surface area contributed by atoms with E-state index in [4.69, 9.17) is 18.6 Å². The van der Waals surface area contributed by atoms with Gasteiger partial charge in [-0.2, -0.15) is 0 Å². The van der Waals surface area contributed by atoms with Crippen LogP contribution in [0.5, 0.6) is 11.5 Å². The molecule has 2 atom stereocenters. The average Bonchev–Trinajstić information content (AvgIpc) is 3.31. The van der Waals surface area contributed by atoms with Crippen LogP contribution in [0.1, 0.15) is 41.3 Å². The first kappa shape index (κ1) is 24.8. The molecule has 2 heterocycles. The molecule has 0 radical (unpaired) electrons. The van der Waals surface area contributed by atoms with Crippen LogP contribution >= 0.6 is 0 Å². The highest BCUT2D eigenvalue weighted by Gasteiger charge is 2.28. The van der Waals surface area contributed by atoms with Gasteiger partial charge >= 0.3 is 0 Å². The van der Waals surface area contributed by atoms with E-state index in [0.29, 0.717) is 43.4 Å². The smallest absolute Gasteiger partial charge is 0.289 e. The third kappa shape index (κ3) is 6.44. The van der Waals surface area contributed by atoms with E-state index in [-0.39, 0.29) is 18.1 Å². The molecule has 2 aromatic carbocycles. The summed E-state index contributed by atoms with van der Waals surface area (Å²) in [5.41, 5.74) is 2.30. The molecule has 0 N–H and O–H groups in total. The highest BCUT2D eigenvalue weighted by molar-refractivity contribution is 5.91. The van der Waals surface area contributed by atoms with Crippen molar-refractivity contribution >= 4 is 5.91 Å². The first-order chi connectivity index (χ1) is 16.9. The second-order valence-electron chi connectivity index (χ2n) is 9.05. The quantitative estimate of drug-likeness (QED) is 0.442. The number of carbonyl (C=O) groups excluding carboxylic acids is 1. The maximum atomic E-state index is 13.0. The van der Waals surface area contributed by atoms with Crippen LogP contribution in [0.25, 0.3) is 0 Å². The van der Waals surface area contributed by atoms with E-state index in [0.717, 1.165) is 17.9 Å². The number of methoxy groups -OCH3 is 2. The molecule has 186 valence electrons. The lowest BCUT2D eigenvalue weighted by molar-refractivity contribution is -0.0592. The van der Waals surface area contributed by atoms with Crippen molar-refractivity contribution in [3.63, 3.8) is 0 Å². The molecule has 1 saturated heterocycles. The zero-order valence-electron chi connectivity index (χ0n) is 20.9. The molecule has 1 fully saturated rings. The Morgan fingerprint density at radius 1 is 0.886 bits per heavy atom. The summed E-state index contributed by atoms with van der Waals surface area (Å²) in [6.07, 6.45) is 0.0277. The summed E-state index contributed by atoms with van der Waals surface area (Å²) in [5.74, 6) is 2.43. The van der Waals surface area contributed by atoms with Crippen molar-refractivity contribution in [1.82, 2.24) is 9.80 Å². The van der Waals surface area contributed by atoms with Gasteiger partial charge < -0.3 is 23.5 Å². The fourth-order valence-corrected chi connectivity index (χ4v) is 4.54. The van der Waals surface area contributed by atoms with Gasteiger partial charge in [-0.05, 0) is 49.2 Å². The molecule has 4 rings (SSSR count). The zero-order chi connectivity index (χ0) is 24.8. The van der Waals surface area contributed by atoms with E-state index in [1.165, 1.54) is 5.56 Å². The van der Waals surface area contributed by atoms with Gasteiger partial charge in [-0.1, -0.05) is 36.4 Å². The second-order valence-corrected chi connectivity index (χ2v) is 9.05. The Kier molecular flexibility index (Phi) is 8.10. The topological polar surface area (TPSA) is 64.4 Å². The Morgan fingerprint density at radius 2 is 1.57 bits per heavy atom. The number of furan rings is 1. The molecule has 1 amide bonds. The average molecular weight is 479 g/mol. The van der Waals surface area contributed by atoms with E-state index in [9.17, 15) is 4.79 Å². The van der Waals surface area contributed by atoms with Gasteiger partial charge in [0.2, 0.25) is 0 Å². The molecular weight excluding hydrogens is 444 g/mol. The summed E-state index contributed by atoms with van der Waals surface area (Å²) in [4.78, 5) is 17.1. The molecule has 3 aromatic rings. The van der Waals surface area contributed by atoms with Crippen LogP contribution in [0.2, 0.25) is 0 Å². The molecule has 0 bridgehead atoms. The van der Waals surface area contributed by atoms with Gasteiger partial charge in [0, 0.05) is 26.2 Å². The largest absolute Gasteiger partial charge is 0.493 e. The molecule has 0 aliphatic carbocycles. The summed E-state index contributed by atoms with van der Waals surface area (Å²) in [6.45, 7) is 7.08. The lowest BCUT2D eigenvalue weighted by Crippen LogP contribution is -2.48. The molecule has 0 spiro atoms. The Hall–Kier alpha value is -3.29. The SMILES string of the molecule is COc1ccc(CN(Cc2ccccc2)Cc2ccc(C(=O)N3CC(C)OC(C)C3)o2)cc1OC. The number of nitrogens with zero attached hydrogens (tertiary/aromatic N) is 2. The number of rotatable bonds is 9. The first-order valence-electron chi connectivity index (χ1n) is 12.0. The van der Waals surface area contributed by atoms with Gasteiger partial charge in [0.25, 0.3) is 5.91 Å². The Bertz CT molecular complexity index is 1100. The number of benzene rings is 2. The highest BCUT2D eigenvalue weighted by Crippen LogP contribution is 2.28. The van der Waals surface area contributed by atoms with Crippen LogP contribution in [0.4, 0.5) is 0 Å². The van der Waals surface area contributed by atoms with Crippen LogP contribution in [0, 0.1) is 0 Å². The predicted molar refractivity (Wildman–Crippen MR) is 134 cm³/mol. The standard InChI is InChI=1S/C28H34N2O5/c1-20-15-30(16-21(2)34-20)28(31)26-13-11-24(35-26)19-29(17-22-8-6-5-7-9-22)18-23-10-12-25(32-3)27(14-23)33-4/h5-14,20-21H,15-19H2,1-4H3. The molecule has 1 aliphatic rings. The summed E-state index contributed by atoms with van der Waals surface area (Å²) in [6, 6.07) is 19.9. The van der Waals surface area contributed by atoms with E-state index in [2.05, 4.69) is 17.0 Å². The van der Waals surface area contributed by atoms with Crippen molar-refractivity contribution in [2.45, 2.75) is 45.7 Å². The minimum absolute atomic E-state index is 0.0139. The van der Waals surface area contributed by atoms with Gasteiger partial charge in [0.15, 0.2) is 17.3 Å². The van der Waals surface area contributed by atoms with Crippen LogP contribution in [0.15, 0.2) is 65.1 Å². The number of hydrogen-bond donors (Lipinski definition) is 0. The molecule has 7 nitrogen and oxygen atoms in total. The van der Waals surface area contributed by atoms with Crippen molar-refractivity contribution in [1.29, 1.82) is 0 Å². The van der Waals surface area contributed by atoms with E-state index in [1.54, 1.807) is 20.3 Å². The Morgan fingerprint density at radius 3 is 2.26 bits per heavy atom. The fourth-order valence-electron chi connectivity index (χ4n) is 4.54. The van der Waals surface area contributed by atoms with Crippen molar-refractivity contribution in [2.24, 2.45) is 0 Å². The molecule has 2 unspecified atom stereocenters. The maximum absolute atomic E-state index is 13.0. The van der Waals surface area contributed by atoms with Crippen LogP contribution in [-0.2, 0) is 24.4 Å². The minimum atomic E-state index is -0.0900. The van der Waals surface area contributed by atoms with Crippen molar-refractivity contribution in [3.05, 3.63) is 83.3 Å².